The number of halogens is 1. The van der Waals surface area contributed by atoms with Gasteiger partial charge in [-0.1, -0.05) is 52.7 Å². The first-order chi connectivity index (χ1) is 16.4. The van der Waals surface area contributed by atoms with Gasteiger partial charge in [0.05, 0.1) is 11.9 Å². The van der Waals surface area contributed by atoms with Crippen molar-refractivity contribution in [2.45, 2.75) is 65.6 Å². The molecule has 0 bridgehead atoms. The van der Waals surface area contributed by atoms with Gasteiger partial charge in [-0.3, -0.25) is 13.9 Å². The number of nitrogens with zero attached hydrogens (tertiary/aromatic N) is 2. The van der Waals surface area contributed by atoms with E-state index in [4.69, 9.17) is 0 Å². The molecule has 0 aliphatic rings. The van der Waals surface area contributed by atoms with Gasteiger partial charge in [0, 0.05) is 30.0 Å². The monoisotopic (exact) mass is 565 g/mol. The number of benzene rings is 2. The minimum Gasteiger partial charge on any atom is -0.352 e. The molecular weight excluding hydrogens is 530 g/mol. The average molecular weight is 567 g/mol. The van der Waals surface area contributed by atoms with E-state index in [9.17, 15) is 18.0 Å². The Morgan fingerprint density at radius 1 is 1.03 bits per heavy atom. The summed E-state index contributed by atoms with van der Waals surface area (Å²) in [7, 11) is -3.51. The lowest BCUT2D eigenvalue weighted by atomic mass is 10.1. The summed E-state index contributed by atoms with van der Waals surface area (Å²) in [6, 6.07) is 14.2. The van der Waals surface area contributed by atoms with Crippen LogP contribution in [0.15, 0.2) is 53.0 Å². The summed E-state index contributed by atoms with van der Waals surface area (Å²) in [5, 5.41) is 2.95. The van der Waals surface area contributed by atoms with E-state index in [1.807, 2.05) is 57.2 Å². The third kappa shape index (κ3) is 8.96. The molecule has 0 saturated carbocycles. The quantitative estimate of drug-likeness (QED) is 0.406. The van der Waals surface area contributed by atoms with Gasteiger partial charge in [-0.25, -0.2) is 8.42 Å². The summed E-state index contributed by atoms with van der Waals surface area (Å²) in [6.45, 7) is 8.04. The highest BCUT2D eigenvalue weighted by Crippen LogP contribution is 2.20. The highest BCUT2D eigenvalue weighted by atomic mass is 79.9. The maximum absolute atomic E-state index is 13.3. The number of hydrogen-bond acceptors (Lipinski definition) is 4. The maximum Gasteiger partial charge on any atom is 0.242 e. The topological polar surface area (TPSA) is 86.8 Å². The summed E-state index contributed by atoms with van der Waals surface area (Å²) in [6.07, 6.45) is 2.40. The van der Waals surface area contributed by atoms with Gasteiger partial charge in [-0.2, -0.15) is 0 Å². The Balaban J connectivity index is 2.15. The van der Waals surface area contributed by atoms with Gasteiger partial charge in [0.1, 0.15) is 6.04 Å². The predicted molar refractivity (Wildman–Crippen MR) is 145 cm³/mol. The van der Waals surface area contributed by atoms with Crippen LogP contribution in [0.3, 0.4) is 0 Å². The van der Waals surface area contributed by atoms with E-state index in [0.717, 1.165) is 28.3 Å². The van der Waals surface area contributed by atoms with Crippen LogP contribution in [-0.2, 0) is 26.2 Å². The number of nitrogens with one attached hydrogen (secondary N) is 1. The summed E-state index contributed by atoms with van der Waals surface area (Å²) in [5.74, 6) is -0.403. The van der Waals surface area contributed by atoms with Crippen LogP contribution >= 0.6 is 15.9 Å². The van der Waals surface area contributed by atoms with Crippen molar-refractivity contribution in [2.75, 3.05) is 17.1 Å². The number of rotatable bonds is 12. The Labute approximate surface area is 218 Å². The molecule has 0 saturated heterocycles. The fourth-order valence-corrected chi connectivity index (χ4v) is 4.78. The second-order valence-electron chi connectivity index (χ2n) is 8.92. The number of carbonyl (C=O) groups is 2. The average Bonchev–Trinajstić information content (AvgIpc) is 2.80. The zero-order valence-corrected chi connectivity index (χ0v) is 23.5. The largest absolute Gasteiger partial charge is 0.352 e. The summed E-state index contributed by atoms with van der Waals surface area (Å²) in [5.41, 5.74) is 2.51. The molecule has 0 radical (unpaired) electrons. The Morgan fingerprint density at radius 2 is 1.63 bits per heavy atom. The fraction of sp³-hybridized carbons (Fsp3) is 0.462. The SMILES string of the molecule is CC[C@H](C)NC(=O)[C@H](C)N(Cc1ccc(Br)cc1)C(=O)CCCN(c1ccc(C)cc1)S(C)(=O)=O. The Bertz CT molecular complexity index is 1090. The Kier molecular flexibility index (Phi) is 10.8. The lowest BCUT2D eigenvalue weighted by Crippen LogP contribution is -2.49. The van der Waals surface area contributed by atoms with Gasteiger partial charge in [0.15, 0.2) is 0 Å². The molecule has 0 spiro atoms. The standard InChI is InChI=1S/C26H36BrN3O4S/c1-6-20(3)28-26(32)21(4)29(18-22-11-13-23(27)14-12-22)25(31)8-7-17-30(35(5,33)34)24-15-9-19(2)10-16-24/h9-16,20-21H,6-8,17-18H2,1-5H3,(H,28,32)/t20-,21-/m0/s1. The van der Waals surface area contributed by atoms with Gasteiger partial charge in [-0.15, -0.1) is 0 Å². The fourth-order valence-electron chi connectivity index (χ4n) is 3.55. The van der Waals surface area contributed by atoms with E-state index in [0.29, 0.717) is 12.1 Å². The minimum absolute atomic E-state index is 0.00686. The normalized spacial score (nSPS) is 13.1. The second-order valence-corrected chi connectivity index (χ2v) is 11.7. The summed E-state index contributed by atoms with van der Waals surface area (Å²) in [4.78, 5) is 27.7. The lowest BCUT2D eigenvalue weighted by molar-refractivity contribution is -0.140. The van der Waals surface area contributed by atoms with E-state index >= 15 is 0 Å². The molecule has 2 rings (SSSR count). The molecule has 0 aliphatic heterocycles. The number of hydrogen-bond donors (Lipinski definition) is 1. The molecule has 7 nitrogen and oxygen atoms in total. The number of anilines is 1. The zero-order chi connectivity index (χ0) is 26.2. The summed E-state index contributed by atoms with van der Waals surface area (Å²) >= 11 is 3.42. The predicted octanol–water partition coefficient (Wildman–Crippen LogP) is 4.64. The van der Waals surface area contributed by atoms with E-state index in [-0.39, 0.29) is 37.4 Å². The zero-order valence-electron chi connectivity index (χ0n) is 21.1. The first-order valence-electron chi connectivity index (χ1n) is 11.8. The van der Waals surface area contributed by atoms with Crippen molar-refractivity contribution in [1.29, 1.82) is 0 Å². The van der Waals surface area contributed by atoms with Gasteiger partial charge in [0.25, 0.3) is 0 Å². The maximum atomic E-state index is 13.3. The van der Waals surface area contributed by atoms with Crippen molar-refractivity contribution in [2.24, 2.45) is 0 Å². The van der Waals surface area contributed by atoms with Crippen LogP contribution in [0, 0.1) is 6.92 Å². The van der Waals surface area contributed by atoms with Crippen LogP contribution in [0.4, 0.5) is 5.69 Å². The molecule has 2 aromatic carbocycles. The van der Waals surface area contributed by atoms with E-state index in [2.05, 4.69) is 21.2 Å². The first kappa shape index (κ1) is 28.8. The highest BCUT2D eigenvalue weighted by Gasteiger charge is 2.27. The Morgan fingerprint density at radius 3 is 2.17 bits per heavy atom. The molecule has 0 aromatic heterocycles. The van der Waals surface area contributed by atoms with Crippen molar-refractivity contribution < 1.29 is 18.0 Å². The van der Waals surface area contributed by atoms with E-state index in [1.54, 1.807) is 24.0 Å². The summed E-state index contributed by atoms with van der Waals surface area (Å²) < 4.78 is 27.0. The van der Waals surface area contributed by atoms with Crippen LogP contribution in [0.2, 0.25) is 0 Å². The number of aryl methyl sites for hydroxylation is 1. The van der Waals surface area contributed by atoms with E-state index in [1.165, 1.54) is 4.31 Å². The van der Waals surface area contributed by atoms with Crippen LogP contribution in [0.25, 0.3) is 0 Å². The Hall–Kier alpha value is -2.39. The van der Waals surface area contributed by atoms with Crippen molar-refractivity contribution in [3.05, 3.63) is 64.1 Å². The molecule has 0 aliphatic carbocycles. The number of amides is 2. The molecule has 1 N–H and O–H groups in total. The van der Waals surface area contributed by atoms with Gasteiger partial charge in [0.2, 0.25) is 21.8 Å². The number of sulfonamides is 1. The highest BCUT2D eigenvalue weighted by molar-refractivity contribution is 9.10. The minimum atomic E-state index is -3.51. The van der Waals surface area contributed by atoms with Crippen molar-refractivity contribution in [3.63, 3.8) is 0 Å². The van der Waals surface area contributed by atoms with Crippen molar-refractivity contribution in [3.8, 4) is 0 Å². The van der Waals surface area contributed by atoms with Crippen LogP contribution in [0.5, 0.6) is 0 Å². The first-order valence-corrected chi connectivity index (χ1v) is 14.4. The van der Waals surface area contributed by atoms with Crippen molar-refractivity contribution >= 4 is 43.5 Å². The molecule has 0 heterocycles. The second kappa shape index (κ2) is 13.1. The molecular formula is C26H36BrN3O4S. The molecule has 2 atom stereocenters. The van der Waals surface area contributed by atoms with Gasteiger partial charge < -0.3 is 10.2 Å². The van der Waals surface area contributed by atoms with Crippen LogP contribution < -0.4 is 9.62 Å². The molecule has 35 heavy (non-hydrogen) atoms. The molecule has 2 amide bonds. The van der Waals surface area contributed by atoms with Crippen molar-refractivity contribution in [1.82, 2.24) is 10.2 Å². The molecule has 0 unspecified atom stereocenters. The third-order valence-corrected chi connectivity index (χ3v) is 7.63. The number of carbonyl (C=O) groups excluding carboxylic acids is 2. The van der Waals surface area contributed by atoms with E-state index < -0.39 is 16.1 Å². The molecule has 0 fully saturated rings. The van der Waals surface area contributed by atoms with Gasteiger partial charge >= 0.3 is 0 Å². The smallest absolute Gasteiger partial charge is 0.242 e. The lowest BCUT2D eigenvalue weighted by Gasteiger charge is -2.30. The molecule has 192 valence electrons. The van der Waals surface area contributed by atoms with Crippen LogP contribution in [0.1, 0.15) is 51.2 Å². The third-order valence-electron chi connectivity index (χ3n) is 5.91. The molecule has 9 heteroatoms. The van der Waals surface area contributed by atoms with Gasteiger partial charge in [-0.05, 0) is 63.4 Å². The molecule has 2 aromatic rings. The van der Waals surface area contributed by atoms with Crippen LogP contribution in [-0.4, -0.2) is 50.0 Å².